The number of fused-ring (bicyclic) bond motifs is 3. The second-order valence-corrected chi connectivity index (χ2v) is 11.9. The van der Waals surface area contributed by atoms with Crippen molar-refractivity contribution in [3.8, 4) is 0 Å². The van der Waals surface area contributed by atoms with Crippen LogP contribution in [0.5, 0.6) is 0 Å². The molecule has 2 heterocycles. The molecular weight excluding hydrogens is 562 g/mol. The van der Waals surface area contributed by atoms with Gasteiger partial charge in [0.25, 0.3) is 0 Å². The van der Waals surface area contributed by atoms with Crippen LogP contribution in [0.1, 0.15) is 28.4 Å². The molecule has 190 valence electrons. The number of halogens is 1. The average molecular weight is 589 g/mol. The Labute approximate surface area is 241 Å². The van der Waals surface area contributed by atoms with Crippen LogP contribution in [0.25, 0.3) is 0 Å². The molecule has 0 saturated heterocycles. The molecule has 0 bridgehead atoms. The van der Waals surface area contributed by atoms with Crippen LogP contribution >= 0.6 is 27.7 Å². The number of nitrogens with zero attached hydrogens (tertiary/aromatic N) is 3. The summed E-state index contributed by atoms with van der Waals surface area (Å²) < 4.78 is 1.13. The van der Waals surface area contributed by atoms with Crippen molar-refractivity contribution < 1.29 is 0 Å². The summed E-state index contributed by atoms with van der Waals surface area (Å²) in [5, 5.41) is 7.90. The van der Waals surface area contributed by atoms with E-state index in [2.05, 4.69) is 165 Å². The number of rotatable bonds is 4. The van der Waals surface area contributed by atoms with Crippen LogP contribution in [0, 0.1) is 0 Å². The first kappa shape index (κ1) is 24.3. The zero-order valence-corrected chi connectivity index (χ0v) is 23.6. The molecule has 0 radical (unpaired) electrons. The average Bonchev–Trinajstić information content (AvgIpc) is 3.26. The van der Waals surface area contributed by atoms with Crippen LogP contribution < -0.4 is 9.91 Å². The van der Waals surface area contributed by atoms with E-state index < -0.39 is 5.66 Å². The largest absolute Gasteiger partial charge is 0.294 e. The lowest BCUT2D eigenvalue weighted by Crippen LogP contribution is -2.54. The quantitative estimate of drug-likeness (QED) is 0.209. The van der Waals surface area contributed by atoms with Crippen LogP contribution in [0.2, 0.25) is 0 Å². The van der Waals surface area contributed by atoms with Crippen molar-refractivity contribution in [3.63, 3.8) is 0 Å². The van der Waals surface area contributed by atoms with Crippen molar-refractivity contribution in [1.29, 1.82) is 0 Å². The van der Waals surface area contributed by atoms with Crippen molar-refractivity contribution in [3.05, 3.63) is 161 Å². The third kappa shape index (κ3) is 4.08. The van der Waals surface area contributed by atoms with Crippen LogP contribution in [0.3, 0.4) is 0 Å². The maximum Gasteiger partial charge on any atom is 0.167 e. The van der Waals surface area contributed by atoms with Crippen LogP contribution in [-0.4, -0.2) is 5.84 Å². The van der Waals surface area contributed by atoms with E-state index in [1.165, 1.54) is 21.7 Å². The van der Waals surface area contributed by atoms with Crippen LogP contribution in [0.15, 0.2) is 154 Å². The molecule has 0 aliphatic carbocycles. The lowest BCUT2D eigenvalue weighted by atomic mass is 9.88. The first-order chi connectivity index (χ1) is 19.3. The lowest BCUT2D eigenvalue weighted by molar-refractivity contribution is 0.407. The van der Waals surface area contributed by atoms with Gasteiger partial charge in [0.1, 0.15) is 0 Å². The number of benzene rings is 5. The SMILES string of the molecule is Brc1ccccc1C1CC2(c3ccccc3)N(c3ccccc3)N=C(c3ccccc3)N2c2ccccc2S1. The topological polar surface area (TPSA) is 18.8 Å². The van der Waals surface area contributed by atoms with Crippen LogP contribution in [-0.2, 0) is 5.66 Å². The van der Waals surface area contributed by atoms with E-state index in [9.17, 15) is 0 Å². The minimum Gasteiger partial charge on any atom is -0.294 e. The van der Waals surface area contributed by atoms with E-state index in [4.69, 9.17) is 5.10 Å². The molecule has 5 heteroatoms. The number of para-hydroxylation sites is 2. The van der Waals surface area contributed by atoms with Gasteiger partial charge in [-0.25, -0.2) is 5.01 Å². The fourth-order valence-corrected chi connectivity index (χ4v) is 7.88. The van der Waals surface area contributed by atoms with Crippen LogP contribution in [0.4, 0.5) is 11.4 Å². The predicted molar refractivity (Wildman–Crippen MR) is 166 cm³/mol. The van der Waals surface area contributed by atoms with E-state index in [1.54, 1.807) is 0 Å². The molecule has 0 aromatic heterocycles. The van der Waals surface area contributed by atoms with Gasteiger partial charge in [-0.05, 0) is 35.9 Å². The third-order valence-corrected chi connectivity index (χ3v) is 9.52. The Morgan fingerprint density at radius 2 is 1.31 bits per heavy atom. The highest BCUT2D eigenvalue weighted by Crippen LogP contribution is 2.58. The Kier molecular flexibility index (Phi) is 6.26. The van der Waals surface area contributed by atoms with Gasteiger partial charge in [0, 0.05) is 32.2 Å². The van der Waals surface area contributed by atoms with E-state index >= 15 is 0 Å². The second-order valence-electron chi connectivity index (χ2n) is 9.75. The standard InChI is InChI=1S/C34H26BrN3S/c35-29-21-11-10-20-28(29)32-24-34(26-16-6-2-7-17-26)37(30-22-12-13-23-31(30)39-32)33(25-14-4-1-5-15-25)36-38(34)27-18-8-3-9-19-27/h1-23,32H,24H2. The highest BCUT2D eigenvalue weighted by Gasteiger charge is 2.55. The molecule has 39 heavy (non-hydrogen) atoms. The number of thioether (sulfide) groups is 1. The molecule has 0 saturated carbocycles. The summed E-state index contributed by atoms with van der Waals surface area (Å²) in [4.78, 5) is 3.73. The van der Waals surface area contributed by atoms with Gasteiger partial charge in [-0.1, -0.05) is 125 Å². The molecule has 2 aliphatic rings. The van der Waals surface area contributed by atoms with E-state index in [0.29, 0.717) is 0 Å². The third-order valence-electron chi connectivity index (χ3n) is 7.49. The van der Waals surface area contributed by atoms with E-state index in [0.717, 1.165) is 28.0 Å². The minimum atomic E-state index is -0.604. The van der Waals surface area contributed by atoms with Gasteiger partial charge in [-0.3, -0.25) is 4.90 Å². The van der Waals surface area contributed by atoms with Gasteiger partial charge in [-0.2, -0.15) is 5.10 Å². The fraction of sp³-hybridized carbons (Fsp3) is 0.0882. The maximum absolute atomic E-state index is 5.47. The molecule has 0 N–H and O–H groups in total. The summed E-state index contributed by atoms with van der Waals surface area (Å²) in [5.41, 5.74) is 5.21. The van der Waals surface area contributed by atoms with Crippen molar-refractivity contribution in [2.75, 3.05) is 9.91 Å². The molecular formula is C34H26BrN3S. The van der Waals surface area contributed by atoms with E-state index in [1.807, 2.05) is 11.8 Å². The Bertz CT molecular complexity index is 1640. The zero-order chi connectivity index (χ0) is 26.2. The predicted octanol–water partition coefficient (Wildman–Crippen LogP) is 9.23. The maximum atomic E-state index is 5.47. The summed E-state index contributed by atoms with van der Waals surface area (Å²) in [6, 6.07) is 49.4. The number of amidine groups is 1. The second kappa shape index (κ2) is 10.1. The molecule has 0 fully saturated rings. The van der Waals surface area contributed by atoms with Gasteiger partial charge in [0.05, 0.1) is 11.4 Å². The summed E-state index contributed by atoms with van der Waals surface area (Å²) in [6.45, 7) is 0. The van der Waals surface area contributed by atoms with Crippen molar-refractivity contribution in [1.82, 2.24) is 0 Å². The van der Waals surface area contributed by atoms with Gasteiger partial charge in [0.15, 0.2) is 11.5 Å². The fourth-order valence-electron chi connectivity index (χ4n) is 5.78. The summed E-state index contributed by atoms with van der Waals surface area (Å²) >= 11 is 5.82. The monoisotopic (exact) mass is 587 g/mol. The summed E-state index contributed by atoms with van der Waals surface area (Å²) in [6.07, 6.45) is 0.813. The molecule has 7 rings (SSSR count). The molecule has 0 spiro atoms. The van der Waals surface area contributed by atoms with E-state index in [-0.39, 0.29) is 5.25 Å². The molecule has 2 atom stereocenters. The van der Waals surface area contributed by atoms with Crippen molar-refractivity contribution in [2.45, 2.75) is 22.2 Å². The van der Waals surface area contributed by atoms with Gasteiger partial charge < -0.3 is 0 Å². The first-order valence-electron chi connectivity index (χ1n) is 13.1. The number of hydrogen-bond acceptors (Lipinski definition) is 4. The van der Waals surface area contributed by atoms with Gasteiger partial charge >= 0.3 is 0 Å². The normalized spacial score (nSPS) is 20.1. The molecule has 2 unspecified atom stereocenters. The Morgan fingerprint density at radius 3 is 2.05 bits per heavy atom. The lowest BCUT2D eigenvalue weighted by Gasteiger charge is -2.45. The minimum absolute atomic E-state index is 0.170. The van der Waals surface area contributed by atoms with Gasteiger partial charge in [-0.15, -0.1) is 11.8 Å². The number of anilines is 2. The Hall–Kier alpha value is -3.80. The molecule has 0 amide bonds. The molecule has 5 aromatic rings. The Balaban J connectivity index is 1.56. The highest BCUT2D eigenvalue weighted by atomic mass is 79.9. The summed E-state index contributed by atoms with van der Waals surface area (Å²) in [5.74, 6) is 0.948. The highest BCUT2D eigenvalue weighted by molar-refractivity contribution is 9.10. The van der Waals surface area contributed by atoms with Crippen molar-refractivity contribution >= 4 is 44.9 Å². The molecule has 2 aliphatic heterocycles. The zero-order valence-electron chi connectivity index (χ0n) is 21.2. The number of hydrogen-bond donors (Lipinski definition) is 0. The van der Waals surface area contributed by atoms with Gasteiger partial charge in [0.2, 0.25) is 0 Å². The molecule has 3 nitrogen and oxygen atoms in total. The number of hydrazone groups is 1. The first-order valence-corrected chi connectivity index (χ1v) is 14.8. The van der Waals surface area contributed by atoms with Crippen molar-refractivity contribution in [2.24, 2.45) is 5.10 Å². The molecule has 5 aromatic carbocycles. The summed E-state index contributed by atoms with van der Waals surface area (Å²) in [7, 11) is 0. The Morgan fingerprint density at radius 1 is 0.692 bits per heavy atom. The smallest absolute Gasteiger partial charge is 0.167 e.